The molecule has 1 aromatic heterocycles. The first-order valence-corrected chi connectivity index (χ1v) is 6.57. The van der Waals surface area contributed by atoms with Crippen LogP contribution in [0.5, 0.6) is 11.5 Å². The van der Waals surface area contributed by atoms with Crippen LogP contribution in [-0.2, 0) is 6.61 Å². The quantitative estimate of drug-likeness (QED) is 0.903. The number of hydrogen-bond acceptors (Lipinski definition) is 5. The van der Waals surface area contributed by atoms with Crippen LogP contribution in [0.2, 0.25) is 0 Å². The molecular formula is C13H13NO3S. The molecule has 2 heterocycles. The van der Waals surface area contributed by atoms with Gasteiger partial charge in [0.05, 0.1) is 12.3 Å². The van der Waals surface area contributed by atoms with Gasteiger partial charge in [-0.05, 0) is 25.1 Å². The van der Waals surface area contributed by atoms with E-state index in [1.165, 1.54) is 11.3 Å². The van der Waals surface area contributed by atoms with Gasteiger partial charge in [0.25, 0.3) is 0 Å². The van der Waals surface area contributed by atoms with Crippen molar-refractivity contribution in [3.63, 3.8) is 0 Å². The molecule has 5 heteroatoms. The molecule has 4 nitrogen and oxygen atoms in total. The van der Waals surface area contributed by atoms with Crippen LogP contribution in [0.3, 0.4) is 0 Å². The van der Waals surface area contributed by atoms with Gasteiger partial charge in [0, 0.05) is 10.4 Å². The van der Waals surface area contributed by atoms with Gasteiger partial charge >= 0.3 is 0 Å². The summed E-state index contributed by atoms with van der Waals surface area (Å²) in [5, 5.41) is 9.85. The Morgan fingerprint density at radius 2 is 2.06 bits per heavy atom. The molecule has 1 aromatic carbocycles. The highest BCUT2D eigenvalue weighted by atomic mass is 32.1. The topological polar surface area (TPSA) is 51.6 Å². The van der Waals surface area contributed by atoms with Gasteiger partial charge in [0.2, 0.25) is 0 Å². The summed E-state index contributed by atoms with van der Waals surface area (Å²) in [6.45, 7) is 3.16. The van der Waals surface area contributed by atoms with Crippen molar-refractivity contribution in [2.24, 2.45) is 0 Å². The van der Waals surface area contributed by atoms with Crippen molar-refractivity contribution in [3.8, 4) is 22.8 Å². The Kier molecular flexibility index (Phi) is 2.93. The minimum absolute atomic E-state index is 0.0178. The molecule has 94 valence electrons. The molecule has 0 bridgehead atoms. The third-order valence-corrected chi connectivity index (χ3v) is 3.75. The fourth-order valence-corrected chi connectivity index (χ4v) is 2.79. The van der Waals surface area contributed by atoms with Crippen LogP contribution in [0.15, 0.2) is 18.2 Å². The molecule has 0 amide bonds. The van der Waals surface area contributed by atoms with E-state index in [1.54, 1.807) is 0 Å². The average molecular weight is 263 g/mol. The fraction of sp³-hybridized carbons (Fsp3) is 0.308. The van der Waals surface area contributed by atoms with Crippen LogP contribution in [0.1, 0.15) is 9.88 Å². The Balaban J connectivity index is 2.03. The molecule has 0 saturated carbocycles. The highest BCUT2D eigenvalue weighted by Gasteiger charge is 2.15. The smallest absolute Gasteiger partial charge is 0.162 e. The summed E-state index contributed by atoms with van der Waals surface area (Å²) in [5.74, 6) is 1.54. The lowest BCUT2D eigenvalue weighted by atomic mass is 10.1. The summed E-state index contributed by atoms with van der Waals surface area (Å²) >= 11 is 1.51. The van der Waals surface area contributed by atoms with Gasteiger partial charge in [-0.3, -0.25) is 0 Å². The number of thiazole rings is 1. The Bertz CT molecular complexity index is 580. The maximum atomic E-state index is 9.12. The number of aliphatic hydroxyl groups excluding tert-OH is 1. The summed E-state index contributed by atoms with van der Waals surface area (Å²) in [6, 6.07) is 5.82. The maximum absolute atomic E-state index is 9.12. The van der Waals surface area contributed by atoms with E-state index in [1.807, 2.05) is 25.1 Å². The number of benzene rings is 1. The maximum Gasteiger partial charge on any atom is 0.162 e. The molecule has 1 aliphatic rings. The van der Waals surface area contributed by atoms with Crippen LogP contribution < -0.4 is 9.47 Å². The average Bonchev–Trinajstić information content (AvgIpc) is 2.79. The van der Waals surface area contributed by atoms with E-state index in [2.05, 4.69) is 4.98 Å². The second-order valence-electron chi connectivity index (χ2n) is 4.03. The lowest BCUT2D eigenvalue weighted by Crippen LogP contribution is -2.15. The van der Waals surface area contributed by atoms with Crippen molar-refractivity contribution in [2.45, 2.75) is 13.5 Å². The standard InChI is InChI=1S/C13H13NO3S/c1-8-13(14-12(7-15)18-8)9-2-3-10-11(6-9)17-5-4-16-10/h2-3,6,15H,4-5,7H2,1H3. The van der Waals surface area contributed by atoms with Crippen LogP contribution >= 0.6 is 11.3 Å². The van der Waals surface area contributed by atoms with Crippen molar-refractivity contribution in [1.29, 1.82) is 0 Å². The van der Waals surface area contributed by atoms with E-state index in [-0.39, 0.29) is 6.61 Å². The predicted octanol–water partition coefficient (Wildman–Crippen LogP) is 2.38. The second kappa shape index (κ2) is 4.59. The van der Waals surface area contributed by atoms with Crippen molar-refractivity contribution < 1.29 is 14.6 Å². The van der Waals surface area contributed by atoms with Gasteiger partial charge in [0.1, 0.15) is 18.2 Å². The third-order valence-electron chi connectivity index (χ3n) is 2.79. The molecule has 0 unspecified atom stereocenters. The minimum Gasteiger partial charge on any atom is -0.486 e. The van der Waals surface area contributed by atoms with Gasteiger partial charge in [0.15, 0.2) is 11.5 Å². The van der Waals surface area contributed by atoms with Gasteiger partial charge in [-0.15, -0.1) is 11.3 Å². The SMILES string of the molecule is Cc1sc(CO)nc1-c1ccc2c(c1)OCCO2. The number of nitrogens with zero attached hydrogens (tertiary/aromatic N) is 1. The molecule has 0 aliphatic carbocycles. The lowest BCUT2D eigenvalue weighted by Gasteiger charge is -2.18. The van der Waals surface area contributed by atoms with E-state index in [0.717, 1.165) is 32.6 Å². The number of fused-ring (bicyclic) bond motifs is 1. The number of aromatic nitrogens is 1. The van der Waals surface area contributed by atoms with E-state index in [9.17, 15) is 0 Å². The Labute approximate surface area is 109 Å². The molecule has 0 saturated heterocycles. The Morgan fingerprint density at radius 1 is 1.28 bits per heavy atom. The predicted molar refractivity (Wildman–Crippen MR) is 69.2 cm³/mol. The first kappa shape index (κ1) is 11.5. The first-order valence-electron chi connectivity index (χ1n) is 5.75. The monoisotopic (exact) mass is 263 g/mol. The zero-order valence-electron chi connectivity index (χ0n) is 9.97. The van der Waals surface area contributed by atoms with Crippen LogP contribution in [0, 0.1) is 6.92 Å². The largest absolute Gasteiger partial charge is 0.486 e. The number of rotatable bonds is 2. The van der Waals surface area contributed by atoms with Crippen LogP contribution in [-0.4, -0.2) is 23.3 Å². The minimum atomic E-state index is -0.0178. The van der Waals surface area contributed by atoms with Crippen molar-refractivity contribution in [3.05, 3.63) is 28.1 Å². The number of ether oxygens (including phenoxy) is 2. The second-order valence-corrected chi connectivity index (χ2v) is 5.32. The number of aryl methyl sites for hydroxylation is 1. The highest BCUT2D eigenvalue weighted by molar-refractivity contribution is 7.12. The van der Waals surface area contributed by atoms with E-state index in [4.69, 9.17) is 14.6 Å². The van der Waals surface area contributed by atoms with E-state index in [0.29, 0.717) is 13.2 Å². The van der Waals surface area contributed by atoms with Gasteiger partial charge in [-0.1, -0.05) is 0 Å². The van der Waals surface area contributed by atoms with Gasteiger partial charge in [-0.2, -0.15) is 0 Å². The molecule has 1 aliphatic heterocycles. The molecule has 0 radical (unpaired) electrons. The van der Waals surface area contributed by atoms with E-state index >= 15 is 0 Å². The van der Waals surface area contributed by atoms with Crippen molar-refractivity contribution >= 4 is 11.3 Å². The van der Waals surface area contributed by atoms with Crippen LogP contribution in [0.25, 0.3) is 11.3 Å². The molecule has 2 aromatic rings. The lowest BCUT2D eigenvalue weighted by molar-refractivity contribution is 0.171. The number of aliphatic hydroxyl groups is 1. The summed E-state index contributed by atoms with van der Waals surface area (Å²) in [6.07, 6.45) is 0. The molecule has 18 heavy (non-hydrogen) atoms. The highest BCUT2D eigenvalue weighted by Crippen LogP contribution is 2.36. The fourth-order valence-electron chi connectivity index (χ4n) is 1.98. The van der Waals surface area contributed by atoms with Crippen LogP contribution in [0.4, 0.5) is 0 Å². The molecule has 3 rings (SSSR count). The normalized spacial score (nSPS) is 13.7. The van der Waals surface area contributed by atoms with Gasteiger partial charge < -0.3 is 14.6 Å². The summed E-state index contributed by atoms with van der Waals surface area (Å²) in [7, 11) is 0. The van der Waals surface area contributed by atoms with Crippen molar-refractivity contribution in [1.82, 2.24) is 4.98 Å². The zero-order chi connectivity index (χ0) is 12.5. The van der Waals surface area contributed by atoms with Crippen molar-refractivity contribution in [2.75, 3.05) is 13.2 Å². The third kappa shape index (κ3) is 1.95. The zero-order valence-corrected chi connectivity index (χ0v) is 10.8. The Morgan fingerprint density at radius 3 is 2.78 bits per heavy atom. The van der Waals surface area contributed by atoms with Gasteiger partial charge in [-0.25, -0.2) is 4.98 Å². The summed E-state index contributed by atoms with van der Waals surface area (Å²) in [4.78, 5) is 5.51. The molecule has 0 spiro atoms. The summed E-state index contributed by atoms with van der Waals surface area (Å²) in [5.41, 5.74) is 1.90. The first-order chi connectivity index (χ1) is 8.78. The molecule has 1 N–H and O–H groups in total. The summed E-state index contributed by atoms with van der Waals surface area (Å²) < 4.78 is 11.0. The molecule has 0 fully saturated rings. The number of hydrogen-bond donors (Lipinski definition) is 1. The van der Waals surface area contributed by atoms with E-state index < -0.39 is 0 Å². The molecular weight excluding hydrogens is 250 g/mol. The molecule has 0 atom stereocenters. The Hall–Kier alpha value is -1.59.